The fraction of sp³-hybridized carbons (Fsp3) is 0.111. The predicted octanol–water partition coefficient (Wildman–Crippen LogP) is 14.1. The number of nitrogens with zero attached hydrogens (tertiary/aromatic N) is 2. The van der Waals surface area contributed by atoms with E-state index in [4.69, 9.17) is 0 Å². The van der Waals surface area contributed by atoms with Crippen molar-refractivity contribution in [2.75, 3.05) is 4.90 Å². The first kappa shape index (κ1) is 31.7. The first-order valence-corrected chi connectivity index (χ1v) is 20.2. The minimum Gasteiger partial charge on any atom is -0.311 e. The molecule has 0 saturated carbocycles. The molecule has 0 spiro atoms. The van der Waals surface area contributed by atoms with Crippen LogP contribution in [0, 0.1) is 0 Å². The van der Waals surface area contributed by atoms with E-state index in [0.717, 1.165) is 24.2 Å². The van der Waals surface area contributed by atoms with E-state index in [2.05, 4.69) is 204 Å². The molecule has 7 aromatic rings. The molecule has 0 aliphatic heterocycles. The second kappa shape index (κ2) is 12.4. The van der Waals surface area contributed by atoms with Crippen molar-refractivity contribution in [2.24, 2.45) is 0 Å². The number of fused-ring (bicyclic) bond motifs is 7. The summed E-state index contributed by atoms with van der Waals surface area (Å²) in [6.45, 7) is 0. The summed E-state index contributed by atoms with van der Waals surface area (Å²) in [7, 11) is 0. The Hall–Kier alpha value is -6.64. The van der Waals surface area contributed by atoms with Crippen molar-refractivity contribution in [1.29, 1.82) is 0 Å². The van der Waals surface area contributed by atoms with Gasteiger partial charge in [0.15, 0.2) is 0 Å². The van der Waals surface area contributed by atoms with Crippen molar-refractivity contribution < 1.29 is 0 Å². The summed E-state index contributed by atoms with van der Waals surface area (Å²) in [5.41, 5.74) is 18.5. The third kappa shape index (κ3) is 4.69. The molecule has 12 rings (SSSR count). The number of anilines is 2. The molecule has 0 radical (unpaired) electrons. The van der Waals surface area contributed by atoms with E-state index < -0.39 is 0 Å². The molecule has 0 fully saturated rings. The fourth-order valence-corrected chi connectivity index (χ4v) is 10.5. The highest BCUT2D eigenvalue weighted by Crippen LogP contribution is 2.59. The van der Waals surface area contributed by atoms with Crippen LogP contribution in [0.25, 0.3) is 49.8 Å². The highest BCUT2D eigenvalue weighted by Gasteiger charge is 2.42. The summed E-state index contributed by atoms with van der Waals surface area (Å²) in [4.78, 5) is 2.45. The second-order valence-electron chi connectivity index (χ2n) is 15.9. The zero-order chi connectivity index (χ0) is 36.7. The van der Waals surface area contributed by atoms with E-state index in [0.29, 0.717) is 11.8 Å². The van der Waals surface area contributed by atoms with Crippen LogP contribution in [0.3, 0.4) is 0 Å². The Morgan fingerprint density at radius 3 is 1.96 bits per heavy atom. The van der Waals surface area contributed by atoms with Crippen molar-refractivity contribution in [2.45, 2.75) is 36.5 Å². The molecule has 4 atom stereocenters. The van der Waals surface area contributed by atoms with Crippen LogP contribution >= 0.6 is 0 Å². The molecule has 2 nitrogen and oxygen atoms in total. The van der Waals surface area contributed by atoms with Crippen molar-refractivity contribution in [1.82, 2.24) is 4.57 Å². The van der Waals surface area contributed by atoms with Gasteiger partial charge in [-0.15, -0.1) is 0 Å². The van der Waals surface area contributed by atoms with Gasteiger partial charge in [-0.3, -0.25) is 0 Å². The van der Waals surface area contributed by atoms with Crippen molar-refractivity contribution in [3.63, 3.8) is 0 Å². The summed E-state index contributed by atoms with van der Waals surface area (Å²) in [6, 6.07) is 49.9. The Kier molecular flexibility index (Phi) is 7.04. The molecule has 2 heteroatoms. The smallest absolute Gasteiger partial charge is 0.0547 e. The van der Waals surface area contributed by atoms with Crippen molar-refractivity contribution >= 4 is 38.9 Å². The van der Waals surface area contributed by atoms with Gasteiger partial charge in [-0.25, -0.2) is 0 Å². The molecule has 1 aromatic heterocycles. The molecule has 266 valence electrons. The third-order valence-corrected chi connectivity index (χ3v) is 12.9. The van der Waals surface area contributed by atoms with Gasteiger partial charge >= 0.3 is 0 Å². The minimum absolute atomic E-state index is 0.221. The van der Waals surface area contributed by atoms with E-state index in [1.165, 1.54) is 77.7 Å². The summed E-state index contributed by atoms with van der Waals surface area (Å²) in [6.07, 6.45) is 25.9. The zero-order valence-corrected chi connectivity index (χ0v) is 31.1. The van der Waals surface area contributed by atoms with E-state index in [9.17, 15) is 0 Å². The molecule has 1 heterocycles. The summed E-state index contributed by atoms with van der Waals surface area (Å²) in [5.74, 6) is 1.20. The van der Waals surface area contributed by atoms with Crippen molar-refractivity contribution in [3.8, 4) is 22.3 Å². The molecular weight excluding hydrogens is 677 g/mol. The number of rotatable bonds is 5. The van der Waals surface area contributed by atoms with Crippen LogP contribution in [0.1, 0.15) is 58.8 Å². The molecule has 0 amide bonds. The summed E-state index contributed by atoms with van der Waals surface area (Å²) >= 11 is 0. The second-order valence-corrected chi connectivity index (χ2v) is 15.9. The Morgan fingerprint density at radius 2 is 1.18 bits per heavy atom. The highest BCUT2D eigenvalue weighted by atomic mass is 15.1. The molecule has 0 N–H and O–H groups in total. The van der Waals surface area contributed by atoms with Gasteiger partial charge in [0.25, 0.3) is 0 Å². The van der Waals surface area contributed by atoms with Gasteiger partial charge in [-0.05, 0) is 106 Å². The van der Waals surface area contributed by atoms with Gasteiger partial charge in [0.05, 0.1) is 11.0 Å². The number of para-hydroxylation sites is 2. The van der Waals surface area contributed by atoms with Gasteiger partial charge in [0.1, 0.15) is 0 Å². The molecule has 4 unspecified atom stereocenters. The molecule has 6 bridgehead atoms. The molecule has 6 aromatic carbocycles. The monoisotopic (exact) mass is 716 g/mol. The van der Waals surface area contributed by atoms with Gasteiger partial charge in [0.2, 0.25) is 0 Å². The van der Waals surface area contributed by atoms with Crippen LogP contribution in [0.2, 0.25) is 0 Å². The lowest BCUT2D eigenvalue weighted by atomic mass is 9.68. The summed E-state index contributed by atoms with van der Waals surface area (Å²) in [5, 5.41) is 2.59. The van der Waals surface area contributed by atoms with E-state index in [1.807, 2.05) is 0 Å². The molecule has 5 aliphatic carbocycles. The Bertz CT molecular complexity index is 2930. The lowest BCUT2D eigenvalue weighted by Crippen LogP contribution is -2.23. The standard InChI is InChI=1S/C54H40N2/c1-3-13-37(14-4-1)55(39-28-25-35(26-29-39)36-27-31-44-43-18-9-10-24-51(43)56(52(44)33-36)38-15-5-2-6-16-38)40-30-32-42-47-21-12-22-48-49-23-11-20-46(54(49)50(42)34-40)41-17-7-8-19-45(41)53(47)48/h1,3-5,7-34,41-42,45,50H,2,6H2. The maximum atomic E-state index is 2.57. The largest absolute Gasteiger partial charge is 0.311 e. The number of allylic oxidation sites excluding steroid dienone is 11. The topological polar surface area (TPSA) is 8.17 Å². The van der Waals surface area contributed by atoms with Crippen LogP contribution in [-0.4, -0.2) is 4.57 Å². The van der Waals surface area contributed by atoms with Crippen molar-refractivity contribution in [3.05, 3.63) is 222 Å². The van der Waals surface area contributed by atoms with Gasteiger partial charge < -0.3 is 9.47 Å². The number of hydrogen-bond acceptors (Lipinski definition) is 1. The zero-order valence-electron chi connectivity index (χ0n) is 31.1. The predicted molar refractivity (Wildman–Crippen MR) is 234 cm³/mol. The maximum Gasteiger partial charge on any atom is 0.0547 e. The molecule has 56 heavy (non-hydrogen) atoms. The van der Waals surface area contributed by atoms with Crippen LogP contribution in [0.15, 0.2) is 200 Å². The first-order valence-electron chi connectivity index (χ1n) is 20.2. The van der Waals surface area contributed by atoms with E-state index >= 15 is 0 Å². The van der Waals surface area contributed by atoms with Crippen LogP contribution in [-0.2, 0) is 0 Å². The number of hydrogen-bond donors (Lipinski definition) is 0. The molecular formula is C54H40N2. The quantitative estimate of drug-likeness (QED) is 0.172. The van der Waals surface area contributed by atoms with Gasteiger partial charge in [0, 0.05) is 57.2 Å². The Labute approximate surface area is 328 Å². The lowest BCUT2D eigenvalue weighted by molar-refractivity contribution is 0.645. The molecule has 5 aliphatic rings. The average molecular weight is 717 g/mol. The van der Waals surface area contributed by atoms with Crippen LogP contribution < -0.4 is 4.90 Å². The van der Waals surface area contributed by atoms with Crippen LogP contribution in [0.4, 0.5) is 11.4 Å². The van der Waals surface area contributed by atoms with Gasteiger partial charge in [-0.2, -0.15) is 0 Å². The summed E-state index contributed by atoms with van der Waals surface area (Å²) < 4.78 is 2.45. The fourth-order valence-electron chi connectivity index (χ4n) is 10.5. The van der Waals surface area contributed by atoms with E-state index in [1.54, 1.807) is 0 Å². The first-order chi connectivity index (χ1) is 27.8. The highest BCUT2D eigenvalue weighted by molar-refractivity contribution is 6.11. The van der Waals surface area contributed by atoms with Gasteiger partial charge in [-0.1, -0.05) is 146 Å². The normalized spacial score (nSPS) is 21.0. The Balaban J connectivity index is 0.971. The van der Waals surface area contributed by atoms with Crippen LogP contribution in [0.5, 0.6) is 0 Å². The SMILES string of the molecule is C1=CC2c3cccc4c3C3C=C(N(c5ccccc5)c5ccc(-c6ccc7c8ccccc8n(C8=CCCC=C8)c7c6)cc5)C=CC3c3cccc-4c3C2C=C1. The van der Waals surface area contributed by atoms with E-state index in [-0.39, 0.29) is 11.8 Å². The lowest BCUT2D eigenvalue weighted by Gasteiger charge is -2.37. The number of benzene rings is 6. The third-order valence-electron chi connectivity index (χ3n) is 12.9. The minimum atomic E-state index is 0.221. The maximum absolute atomic E-state index is 2.57. The average Bonchev–Trinajstić information content (AvgIpc) is 3.54. The molecule has 0 saturated heterocycles. The number of aromatic nitrogens is 1. The Morgan fingerprint density at radius 1 is 0.500 bits per heavy atom.